The SMILES string of the molecule is COc1cc(C(=O)O)ccc1OCC1CC1. The number of carbonyl (C=O) groups is 1. The van der Waals surface area contributed by atoms with E-state index < -0.39 is 5.97 Å². The molecule has 1 fully saturated rings. The zero-order chi connectivity index (χ0) is 11.5. The zero-order valence-electron chi connectivity index (χ0n) is 9.10. The number of carboxylic acids is 1. The fourth-order valence-electron chi connectivity index (χ4n) is 1.41. The molecule has 1 aliphatic carbocycles. The third kappa shape index (κ3) is 2.45. The smallest absolute Gasteiger partial charge is 0.335 e. The predicted octanol–water partition coefficient (Wildman–Crippen LogP) is 2.18. The van der Waals surface area contributed by atoms with Crippen molar-refractivity contribution in [1.82, 2.24) is 0 Å². The van der Waals surface area contributed by atoms with Crippen LogP contribution < -0.4 is 9.47 Å². The minimum atomic E-state index is -0.966. The maximum atomic E-state index is 10.8. The van der Waals surface area contributed by atoms with Gasteiger partial charge >= 0.3 is 5.97 Å². The van der Waals surface area contributed by atoms with E-state index in [1.54, 1.807) is 6.07 Å². The Hall–Kier alpha value is -1.71. The van der Waals surface area contributed by atoms with Crippen molar-refractivity contribution in [2.75, 3.05) is 13.7 Å². The standard InChI is InChI=1S/C12H14O4/c1-15-11-6-9(12(13)14)4-5-10(11)16-7-8-2-3-8/h4-6,8H,2-3,7H2,1H3,(H,13,14). The normalized spacial score (nSPS) is 14.6. The lowest BCUT2D eigenvalue weighted by Gasteiger charge is -2.10. The van der Waals surface area contributed by atoms with E-state index in [4.69, 9.17) is 14.6 Å². The van der Waals surface area contributed by atoms with Crippen molar-refractivity contribution >= 4 is 5.97 Å². The predicted molar refractivity (Wildman–Crippen MR) is 58.2 cm³/mol. The molecule has 0 bridgehead atoms. The molecule has 0 aromatic heterocycles. The van der Waals surface area contributed by atoms with Gasteiger partial charge in [0.05, 0.1) is 19.3 Å². The minimum Gasteiger partial charge on any atom is -0.493 e. The van der Waals surface area contributed by atoms with Crippen LogP contribution in [0.25, 0.3) is 0 Å². The summed E-state index contributed by atoms with van der Waals surface area (Å²) < 4.78 is 10.7. The van der Waals surface area contributed by atoms with Crippen LogP contribution in [0.5, 0.6) is 11.5 Å². The van der Waals surface area contributed by atoms with E-state index in [9.17, 15) is 4.79 Å². The molecule has 1 saturated carbocycles. The highest BCUT2D eigenvalue weighted by molar-refractivity contribution is 5.88. The first kappa shape index (κ1) is 10.8. The van der Waals surface area contributed by atoms with Gasteiger partial charge < -0.3 is 14.6 Å². The van der Waals surface area contributed by atoms with E-state index in [0.29, 0.717) is 24.0 Å². The fraction of sp³-hybridized carbons (Fsp3) is 0.417. The molecular formula is C12H14O4. The van der Waals surface area contributed by atoms with Gasteiger partial charge in [0.15, 0.2) is 11.5 Å². The van der Waals surface area contributed by atoms with Crippen LogP contribution in [0.4, 0.5) is 0 Å². The second-order valence-electron chi connectivity index (χ2n) is 3.93. The van der Waals surface area contributed by atoms with E-state index in [-0.39, 0.29) is 5.56 Å². The Labute approximate surface area is 93.8 Å². The van der Waals surface area contributed by atoms with Gasteiger partial charge in [0.25, 0.3) is 0 Å². The molecule has 16 heavy (non-hydrogen) atoms. The minimum absolute atomic E-state index is 0.204. The van der Waals surface area contributed by atoms with Gasteiger partial charge in [0.2, 0.25) is 0 Å². The number of benzene rings is 1. The first-order chi connectivity index (χ1) is 7.70. The first-order valence-electron chi connectivity index (χ1n) is 5.25. The summed E-state index contributed by atoms with van der Waals surface area (Å²) in [5.41, 5.74) is 0.204. The Bertz CT molecular complexity index is 396. The summed E-state index contributed by atoms with van der Waals surface area (Å²) in [5, 5.41) is 8.83. The molecule has 0 saturated heterocycles. The molecular weight excluding hydrogens is 208 g/mol. The molecule has 1 N–H and O–H groups in total. The van der Waals surface area contributed by atoms with Gasteiger partial charge in [-0.3, -0.25) is 0 Å². The molecule has 0 amide bonds. The summed E-state index contributed by atoms with van der Waals surface area (Å²) in [6.45, 7) is 0.683. The average molecular weight is 222 g/mol. The summed E-state index contributed by atoms with van der Waals surface area (Å²) in [4.78, 5) is 10.8. The van der Waals surface area contributed by atoms with Crippen LogP contribution in [0.2, 0.25) is 0 Å². The van der Waals surface area contributed by atoms with Gasteiger partial charge in [0, 0.05) is 0 Å². The van der Waals surface area contributed by atoms with Crippen molar-refractivity contribution in [2.24, 2.45) is 5.92 Å². The van der Waals surface area contributed by atoms with Crippen molar-refractivity contribution in [2.45, 2.75) is 12.8 Å². The van der Waals surface area contributed by atoms with Gasteiger partial charge in [-0.25, -0.2) is 4.79 Å². The van der Waals surface area contributed by atoms with Gasteiger partial charge in [-0.15, -0.1) is 0 Å². The van der Waals surface area contributed by atoms with Crippen molar-refractivity contribution < 1.29 is 19.4 Å². The van der Waals surface area contributed by atoms with Crippen molar-refractivity contribution in [1.29, 1.82) is 0 Å². The highest BCUT2D eigenvalue weighted by atomic mass is 16.5. The maximum absolute atomic E-state index is 10.8. The Balaban J connectivity index is 2.12. The highest BCUT2D eigenvalue weighted by Crippen LogP contribution is 2.33. The number of methoxy groups -OCH3 is 1. The third-order valence-corrected chi connectivity index (χ3v) is 2.58. The van der Waals surface area contributed by atoms with E-state index in [2.05, 4.69) is 0 Å². The molecule has 1 aliphatic rings. The lowest BCUT2D eigenvalue weighted by molar-refractivity contribution is 0.0696. The van der Waals surface area contributed by atoms with Gasteiger partial charge in [-0.05, 0) is 37.0 Å². The quantitative estimate of drug-likeness (QED) is 0.829. The van der Waals surface area contributed by atoms with E-state index in [1.807, 2.05) is 0 Å². The third-order valence-electron chi connectivity index (χ3n) is 2.58. The van der Waals surface area contributed by atoms with Crippen LogP contribution in [0.3, 0.4) is 0 Å². The average Bonchev–Trinajstić information content (AvgIpc) is 3.09. The molecule has 0 radical (unpaired) electrons. The summed E-state index contributed by atoms with van der Waals surface area (Å²) in [6.07, 6.45) is 2.44. The Kier molecular flexibility index (Phi) is 2.99. The van der Waals surface area contributed by atoms with Crippen LogP contribution in [0, 0.1) is 5.92 Å². The maximum Gasteiger partial charge on any atom is 0.335 e. The zero-order valence-corrected chi connectivity index (χ0v) is 9.10. The van der Waals surface area contributed by atoms with Gasteiger partial charge in [-0.2, -0.15) is 0 Å². The van der Waals surface area contributed by atoms with Crippen molar-refractivity contribution in [3.63, 3.8) is 0 Å². The van der Waals surface area contributed by atoms with Crippen LogP contribution in [-0.4, -0.2) is 24.8 Å². The van der Waals surface area contributed by atoms with E-state index in [0.717, 1.165) is 0 Å². The number of ether oxygens (including phenoxy) is 2. The summed E-state index contributed by atoms with van der Waals surface area (Å²) in [7, 11) is 1.50. The lowest BCUT2D eigenvalue weighted by Crippen LogP contribution is -2.02. The second kappa shape index (κ2) is 4.43. The number of hydrogen-bond donors (Lipinski definition) is 1. The molecule has 4 nitrogen and oxygen atoms in total. The molecule has 1 aromatic rings. The first-order valence-corrected chi connectivity index (χ1v) is 5.25. The second-order valence-corrected chi connectivity index (χ2v) is 3.93. The highest BCUT2D eigenvalue weighted by Gasteiger charge is 2.22. The van der Waals surface area contributed by atoms with Crippen LogP contribution >= 0.6 is 0 Å². The number of rotatable bonds is 5. The number of aromatic carboxylic acids is 1. The Morgan fingerprint density at radius 2 is 2.19 bits per heavy atom. The molecule has 2 rings (SSSR count). The van der Waals surface area contributed by atoms with Crippen molar-refractivity contribution in [3.05, 3.63) is 23.8 Å². The number of hydrogen-bond acceptors (Lipinski definition) is 3. The summed E-state index contributed by atoms with van der Waals surface area (Å²) >= 11 is 0. The lowest BCUT2D eigenvalue weighted by atomic mass is 10.2. The summed E-state index contributed by atoms with van der Waals surface area (Å²) in [6, 6.07) is 4.64. The van der Waals surface area contributed by atoms with E-state index >= 15 is 0 Å². The van der Waals surface area contributed by atoms with Crippen LogP contribution in [0.1, 0.15) is 23.2 Å². The Morgan fingerprint density at radius 1 is 1.44 bits per heavy atom. The monoisotopic (exact) mass is 222 g/mol. The summed E-state index contributed by atoms with van der Waals surface area (Å²) in [5.74, 6) is 0.774. The van der Waals surface area contributed by atoms with Crippen LogP contribution in [-0.2, 0) is 0 Å². The topological polar surface area (TPSA) is 55.8 Å². The molecule has 0 aliphatic heterocycles. The molecule has 1 aromatic carbocycles. The molecule has 86 valence electrons. The van der Waals surface area contributed by atoms with Gasteiger partial charge in [0.1, 0.15) is 0 Å². The fourth-order valence-corrected chi connectivity index (χ4v) is 1.41. The molecule has 0 spiro atoms. The molecule has 0 heterocycles. The van der Waals surface area contributed by atoms with Crippen LogP contribution in [0.15, 0.2) is 18.2 Å². The largest absolute Gasteiger partial charge is 0.493 e. The number of carboxylic acid groups (broad SMARTS) is 1. The Morgan fingerprint density at radius 3 is 2.75 bits per heavy atom. The van der Waals surface area contributed by atoms with E-state index in [1.165, 1.54) is 32.1 Å². The van der Waals surface area contributed by atoms with Gasteiger partial charge in [-0.1, -0.05) is 0 Å². The van der Waals surface area contributed by atoms with Crippen molar-refractivity contribution in [3.8, 4) is 11.5 Å². The molecule has 0 unspecified atom stereocenters. The molecule has 0 atom stereocenters. The molecule has 4 heteroatoms.